The van der Waals surface area contributed by atoms with Crippen LogP contribution in [0.5, 0.6) is 0 Å². The van der Waals surface area contributed by atoms with Gasteiger partial charge in [-0.05, 0) is 67.2 Å². The monoisotopic (exact) mass is 348 g/mol. The van der Waals surface area contributed by atoms with Gasteiger partial charge < -0.3 is 0 Å². The van der Waals surface area contributed by atoms with Crippen molar-refractivity contribution in [2.24, 2.45) is 0 Å². The number of rotatable bonds is 2. The summed E-state index contributed by atoms with van der Waals surface area (Å²) in [7, 11) is 0. The van der Waals surface area contributed by atoms with Crippen LogP contribution in [0.1, 0.15) is 67.2 Å². The van der Waals surface area contributed by atoms with Gasteiger partial charge in [0, 0.05) is 61.4 Å². The highest BCUT2D eigenvalue weighted by atomic mass is 15.4. The van der Waals surface area contributed by atoms with E-state index in [1.165, 1.54) is 58.5 Å². The molecular formula is C21H40N4. The summed E-state index contributed by atoms with van der Waals surface area (Å²) >= 11 is 0. The van der Waals surface area contributed by atoms with Crippen molar-refractivity contribution in [1.29, 1.82) is 0 Å². The molecule has 0 saturated carbocycles. The van der Waals surface area contributed by atoms with Crippen LogP contribution in [-0.2, 0) is 0 Å². The fourth-order valence-corrected chi connectivity index (χ4v) is 6.69. The molecule has 0 N–H and O–H groups in total. The average Bonchev–Trinajstić information content (AvgIpc) is 2.91. The minimum absolute atomic E-state index is 0.329. The summed E-state index contributed by atoms with van der Waals surface area (Å²) in [5, 5.41) is 0. The number of hydrogen-bond acceptors (Lipinski definition) is 4. The van der Waals surface area contributed by atoms with Gasteiger partial charge in [0.1, 0.15) is 0 Å². The minimum Gasteiger partial charge on any atom is -0.290 e. The van der Waals surface area contributed by atoms with Crippen LogP contribution in [0.25, 0.3) is 0 Å². The van der Waals surface area contributed by atoms with Crippen molar-refractivity contribution in [2.45, 2.75) is 102 Å². The Morgan fingerprint density at radius 2 is 0.840 bits per heavy atom. The first-order chi connectivity index (χ1) is 11.6. The number of nitrogens with zero attached hydrogens (tertiary/aromatic N) is 4. The van der Waals surface area contributed by atoms with Crippen molar-refractivity contribution in [3.8, 4) is 0 Å². The molecule has 4 aliphatic heterocycles. The number of likely N-dealkylation sites (tertiary alicyclic amines) is 2. The lowest BCUT2D eigenvalue weighted by molar-refractivity contribution is -0.0461. The molecule has 4 bridgehead atoms. The maximum absolute atomic E-state index is 2.82. The second-order valence-electron chi connectivity index (χ2n) is 11.1. The van der Waals surface area contributed by atoms with Crippen LogP contribution in [0, 0.1) is 0 Å². The molecule has 4 saturated heterocycles. The van der Waals surface area contributed by atoms with Crippen LogP contribution in [0.3, 0.4) is 0 Å². The van der Waals surface area contributed by atoms with Crippen molar-refractivity contribution in [3.05, 3.63) is 0 Å². The summed E-state index contributed by atoms with van der Waals surface area (Å²) in [5.41, 5.74) is 0.657. The number of hydrogen-bond donors (Lipinski definition) is 0. The van der Waals surface area contributed by atoms with Crippen molar-refractivity contribution < 1.29 is 0 Å². The third-order valence-electron chi connectivity index (χ3n) is 7.06. The normalized spacial score (nSPS) is 38.6. The molecule has 4 heteroatoms. The zero-order chi connectivity index (χ0) is 18.0. The lowest BCUT2D eigenvalue weighted by Crippen LogP contribution is -2.64. The van der Waals surface area contributed by atoms with Gasteiger partial charge in [0.25, 0.3) is 0 Å². The first-order valence-electron chi connectivity index (χ1n) is 10.6. The standard InChI is InChI=1S/C21H40N4/c1-20(2,3)24-16-7-8-17(24)12-22(11-16)15-23-13-18-9-10-19(14-23)25(18)21(4,5)6/h16-19H,7-15H2,1-6H3. The average molecular weight is 349 g/mol. The minimum atomic E-state index is 0.329. The zero-order valence-corrected chi connectivity index (χ0v) is 17.5. The van der Waals surface area contributed by atoms with Crippen LogP contribution in [0.4, 0.5) is 0 Å². The Kier molecular flexibility index (Phi) is 4.51. The van der Waals surface area contributed by atoms with Gasteiger partial charge in [0.15, 0.2) is 0 Å². The Balaban J connectivity index is 1.36. The van der Waals surface area contributed by atoms with Crippen molar-refractivity contribution in [2.75, 3.05) is 32.8 Å². The smallest absolute Gasteiger partial charge is 0.0508 e. The van der Waals surface area contributed by atoms with Gasteiger partial charge in [0.2, 0.25) is 0 Å². The van der Waals surface area contributed by atoms with Crippen LogP contribution >= 0.6 is 0 Å². The Morgan fingerprint density at radius 3 is 1.08 bits per heavy atom. The van der Waals surface area contributed by atoms with Gasteiger partial charge in [-0.15, -0.1) is 0 Å². The largest absolute Gasteiger partial charge is 0.290 e. The summed E-state index contributed by atoms with van der Waals surface area (Å²) in [6.07, 6.45) is 5.62. The van der Waals surface area contributed by atoms with Crippen LogP contribution in [-0.4, -0.2) is 87.7 Å². The quantitative estimate of drug-likeness (QED) is 0.761. The molecule has 0 aromatic carbocycles. The van der Waals surface area contributed by atoms with E-state index in [2.05, 4.69) is 61.1 Å². The van der Waals surface area contributed by atoms with Crippen LogP contribution in [0.2, 0.25) is 0 Å². The van der Waals surface area contributed by atoms with E-state index >= 15 is 0 Å². The molecule has 4 heterocycles. The van der Waals surface area contributed by atoms with E-state index in [1.807, 2.05) is 0 Å². The van der Waals surface area contributed by atoms with Crippen LogP contribution in [0.15, 0.2) is 0 Å². The third-order valence-corrected chi connectivity index (χ3v) is 7.06. The van der Waals surface area contributed by atoms with Crippen molar-refractivity contribution >= 4 is 0 Å². The molecule has 4 atom stereocenters. The van der Waals surface area contributed by atoms with E-state index in [9.17, 15) is 0 Å². The highest BCUT2D eigenvalue weighted by molar-refractivity contribution is 5.03. The maximum Gasteiger partial charge on any atom is 0.0508 e. The molecule has 4 nitrogen and oxygen atoms in total. The lowest BCUT2D eigenvalue weighted by atomic mass is 10.00. The second-order valence-corrected chi connectivity index (χ2v) is 11.1. The molecule has 0 aromatic heterocycles. The van der Waals surface area contributed by atoms with E-state index in [0.29, 0.717) is 11.1 Å². The fraction of sp³-hybridized carbons (Fsp3) is 1.00. The lowest BCUT2D eigenvalue weighted by Gasteiger charge is -2.51. The molecule has 0 amide bonds. The first-order valence-corrected chi connectivity index (χ1v) is 10.6. The maximum atomic E-state index is 2.82. The molecule has 0 aliphatic carbocycles. The molecule has 4 fully saturated rings. The molecule has 0 spiro atoms. The Morgan fingerprint density at radius 1 is 0.560 bits per heavy atom. The summed E-state index contributed by atoms with van der Waals surface area (Å²) in [6.45, 7) is 20.7. The molecule has 0 radical (unpaired) electrons. The fourth-order valence-electron chi connectivity index (χ4n) is 6.69. The molecule has 4 unspecified atom stereocenters. The van der Waals surface area contributed by atoms with Gasteiger partial charge in [-0.2, -0.15) is 0 Å². The predicted molar refractivity (Wildman–Crippen MR) is 105 cm³/mol. The number of fused-ring (bicyclic) bond motifs is 4. The van der Waals surface area contributed by atoms with Gasteiger partial charge in [-0.25, -0.2) is 0 Å². The highest BCUT2D eigenvalue weighted by Crippen LogP contribution is 2.38. The Labute approximate surface area is 155 Å². The summed E-state index contributed by atoms with van der Waals surface area (Å²) in [4.78, 5) is 11.2. The Bertz CT molecular complexity index is 419. The van der Waals surface area contributed by atoms with E-state index < -0.39 is 0 Å². The van der Waals surface area contributed by atoms with E-state index in [-0.39, 0.29) is 0 Å². The predicted octanol–water partition coefficient (Wildman–Crippen LogP) is 2.84. The summed E-state index contributed by atoms with van der Waals surface area (Å²) < 4.78 is 0. The second kappa shape index (κ2) is 6.19. The SMILES string of the molecule is CC(C)(C)N1C2CCC1CN(CN1CC3CCC(C1)N3C(C)(C)C)C2. The van der Waals surface area contributed by atoms with E-state index in [1.54, 1.807) is 0 Å². The van der Waals surface area contributed by atoms with Gasteiger partial charge in [-0.1, -0.05) is 0 Å². The van der Waals surface area contributed by atoms with Crippen molar-refractivity contribution in [1.82, 2.24) is 19.6 Å². The molecule has 4 rings (SSSR count). The molecule has 144 valence electrons. The number of piperazine rings is 2. The first kappa shape index (κ1) is 18.2. The van der Waals surface area contributed by atoms with Gasteiger partial charge in [0.05, 0.1) is 6.67 Å². The molecular weight excluding hydrogens is 308 g/mol. The highest BCUT2D eigenvalue weighted by Gasteiger charge is 2.47. The van der Waals surface area contributed by atoms with Crippen LogP contribution < -0.4 is 0 Å². The van der Waals surface area contributed by atoms with Gasteiger partial charge in [-0.3, -0.25) is 19.6 Å². The molecule has 4 aliphatic rings. The van der Waals surface area contributed by atoms with Gasteiger partial charge >= 0.3 is 0 Å². The third kappa shape index (κ3) is 3.40. The zero-order valence-electron chi connectivity index (χ0n) is 17.5. The Hall–Kier alpha value is -0.160. The summed E-state index contributed by atoms with van der Waals surface area (Å²) in [5.74, 6) is 0. The van der Waals surface area contributed by atoms with E-state index in [0.717, 1.165) is 24.2 Å². The topological polar surface area (TPSA) is 13.0 Å². The molecule has 0 aromatic rings. The summed E-state index contributed by atoms with van der Waals surface area (Å²) in [6, 6.07) is 3.13. The van der Waals surface area contributed by atoms with Crippen molar-refractivity contribution in [3.63, 3.8) is 0 Å². The molecule has 25 heavy (non-hydrogen) atoms. The van der Waals surface area contributed by atoms with E-state index in [4.69, 9.17) is 0 Å².